The Bertz CT molecular complexity index is 216. The number of hydrogen-bond donors (Lipinski definition) is 1. The predicted octanol–water partition coefficient (Wildman–Crippen LogP) is 3.53. The van der Waals surface area contributed by atoms with Crippen LogP contribution in [0.25, 0.3) is 0 Å². The van der Waals surface area contributed by atoms with Crippen LogP contribution < -0.4 is 5.32 Å². The minimum absolute atomic E-state index is 0.748. The lowest BCUT2D eigenvalue weighted by atomic mass is 10.00. The molecular formula is C13H26N2S. The molecule has 0 bridgehead atoms. The van der Waals surface area contributed by atoms with Gasteiger partial charge in [0.05, 0.1) is 0 Å². The molecule has 0 saturated carbocycles. The van der Waals surface area contributed by atoms with Crippen LogP contribution in [0.5, 0.6) is 0 Å². The van der Waals surface area contributed by atoms with Crippen molar-refractivity contribution in [2.45, 2.75) is 46.5 Å². The minimum Gasteiger partial charge on any atom is -0.365 e. The molecule has 0 aliphatic carbocycles. The third-order valence-electron chi connectivity index (χ3n) is 3.14. The van der Waals surface area contributed by atoms with E-state index in [1.807, 2.05) is 11.8 Å². The monoisotopic (exact) mass is 242 g/mol. The molecule has 0 amide bonds. The lowest BCUT2D eigenvalue weighted by Crippen LogP contribution is -2.30. The summed E-state index contributed by atoms with van der Waals surface area (Å²) in [5.74, 6) is 2.79. The van der Waals surface area contributed by atoms with E-state index in [-0.39, 0.29) is 0 Å². The number of thioether (sulfide) groups is 1. The average molecular weight is 242 g/mol. The Morgan fingerprint density at radius 1 is 1.50 bits per heavy atom. The lowest BCUT2D eigenvalue weighted by Gasteiger charge is -2.21. The summed E-state index contributed by atoms with van der Waals surface area (Å²) < 4.78 is 0. The predicted molar refractivity (Wildman–Crippen MR) is 75.2 cm³/mol. The van der Waals surface area contributed by atoms with Crippen molar-refractivity contribution < 1.29 is 0 Å². The van der Waals surface area contributed by atoms with Crippen LogP contribution in [0.4, 0.5) is 0 Å². The summed E-state index contributed by atoms with van der Waals surface area (Å²) in [5, 5.41) is 4.69. The first-order chi connectivity index (χ1) is 7.76. The number of unbranched alkanes of at least 4 members (excludes halogenated alkanes) is 1. The van der Waals surface area contributed by atoms with Gasteiger partial charge < -0.3 is 5.32 Å². The molecule has 1 aliphatic heterocycles. The number of hydrogen-bond acceptors (Lipinski definition) is 3. The van der Waals surface area contributed by atoms with Gasteiger partial charge >= 0.3 is 0 Å². The van der Waals surface area contributed by atoms with Gasteiger partial charge in [0.1, 0.15) is 0 Å². The fraction of sp³-hybridized carbons (Fsp3) is 0.923. The van der Waals surface area contributed by atoms with E-state index in [2.05, 4.69) is 31.1 Å². The smallest absolute Gasteiger partial charge is 0.156 e. The molecule has 2 unspecified atom stereocenters. The third-order valence-corrected chi connectivity index (χ3v) is 4.42. The number of nitrogens with one attached hydrogen (secondary N) is 1. The molecular weight excluding hydrogens is 216 g/mol. The molecule has 0 aromatic heterocycles. The van der Waals surface area contributed by atoms with Crippen molar-refractivity contribution in [3.63, 3.8) is 0 Å². The summed E-state index contributed by atoms with van der Waals surface area (Å²) >= 11 is 1.89. The van der Waals surface area contributed by atoms with E-state index < -0.39 is 0 Å². The second-order valence-corrected chi connectivity index (χ2v) is 5.87. The molecule has 3 heteroatoms. The quantitative estimate of drug-likeness (QED) is 0.770. The molecule has 0 spiro atoms. The van der Waals surface area contributed by atoms with Gasteiger partial charge in [-0.1, -0.05) is 51.8 Å². The Labute approximate surface area is 105 Å². The van der Waals surface area contributed by atoms with Crippen LogP contribution in [0, 0.1) is 11.8 Å². The van der Waals surface area contributed by atoms with Gasteiger partial charge in [-0.25, -0.2) is 0 Å². The van der Waals surface area contributed by atoms with E-state index in [9.17, 15) is 0 Å². The van der Waals surface area contributed by atoms with Crippen LogP contribution in [-0.2, 0) is 0 Å². The van der Waals surface area contributed by atoms with E-state index in [0.717, 1.165) is 24.9 Å². The highest BCUT2D eigenvalue weighted by Gasteiger charge is 2.13. The van der Waals surface area contributed by atoms with Gasteiger partial charge in [0.15, 0.2) is 5.17 Å². The molecule has 1 rings (SSSR count). The van der Waals surface area contributed by atoms with Gasteiger partial charge in [-0.05, 0) is 18.3 Å². The van der Waals surface area contributed by atoms with Crippen molar-refractivity contribution in [2.75, 3.05) is 18.8 Å². The standard InChI is InChI=1S/C13H26N2S/c1-4-6-7-12(5-2)9-15-13-14-8-11(3)10-16-13/h11-12H,4-10H2,1-3H3,(H,14,15). The number of rotatable bonds is 6. The molecule has 0 saturated heterocycles. The number of aliphatic imine (C=N–C) groups is 1. The zero-order valence-electron chi connectivity index (χ0n) is 11.0. The van der Waals surface area contributed by atoms with Gasteiger partial charge in [0.2, 0.25) is 0 Å². The summed E-state index contributed by atoms with van der Waals surface area (Å²) in [4.78, 5) is 4.57. The van der Waals surface area contributed by atoms with Crippen LogP contribution in [0.1, 0.15) is 46.5 Å². The summed E-state index contributed by atoms with van der Waals surface area (Å²) in [7, 11) is 0. The first kappa shape index (κ1) is 13.9. The average Bonchev–Trinajstić information content (AvgIpc) is 2.32. The highest BCUT2D eigenvalue weighted by molar-refractivity contribution is 8.13. The Balaban J connectivity index is 2.21. The van der Waals surface area contributed by atoms with Crippen LogP contribution in [0.3, 0.4) is 0 Å². The fourth-order valence-corrected chi connectivity index (χ4v) is 2.74. The van der Waals surface area contributed by atoms with E-state index in [4.69, 9.17) is 0 Å². The van der Waals surface area contributed by atoms with E-state index >= 15 is 0 Å². The summed E-state index contributed by atoms with van der Waals surface area (Å²) in [6.07, 6.45) is 5.30. The lowest BCUT2D eigenvalue weighted by molar-refractivity contribution is 0.446. The zero-order valence-corrected chi connectivity index (χ0v) is 11.8. The van der Waals surface area contributed by atoms with Gasteiger partial charge in [0, 0.05) is 18.8 Å². The van der Waals surface area contributed by atoms with Gasteiger partial charge in [-0.3, -0.25) is 4.99 Å². The Hall–Kier alpha value is -0.180. The first-order valence-electron chi connectivity index (χ1n) is 6.67. The van der Waals surface area contributed by atoms with Crippen molar-refractivity contribution in [2.24, 2.45) is 16.8 Å². The molecule has 1 aliphatic rings. The molecule has 2 atom stereocenters. The zero-order chi connectivity index (χ0) is 11.8. The van der Waals surface area contributed by atoms with Gasteiger partial charge in [0.25, 0.3) is 0 Å². The topological polar surface area (TPSA) is 24.4 Å². The van der Waals surface area contributed by atoms with Crippen LogP contribution in [0.2, 0.25) is 0 Å². The van der Waals surface area contributed by atoms with Gasteiger partial charge in [-0.15, -0.1) is 0 Å². The largest absolute Gasteiger partial charge is 0.365 e. The minimum atomic E-state index is 0.748. The maximum Gasteiger partial charge on any atom is 0.156 e. The number of amidine groups is 1. The highest BCUT2D eigenvalue weighted by atomic mass is 32.2. The van der Waals surface area contributed by atoms with E-state index in [1.54, 1.807) is 0 Å². The molecule has 2 nitrogen and oxygen atoms in total. The SMILES string of the molecule is CCCCC(CC)CNC1=NCC(C)CS1. The maximum absolute atomic E-state index is 4.57. The molecule has 0 radical (unpaired) electrons. The Morgan fingerprint density at radius 2 is 2.31 bits per heavy atom. The molecule has 0 fully saturated rings. The summed E-state index contributed by atoms with van der Waals surface area (Å²) in [5.41, 5.74) is 0. The Kier molecular flexibility index (Phi) is 6.93. The van der Waals surface area contributed by atoms with Crippen molar-refractivity contribution in [1.82, 2.24) is 5.32 Å². The van der Waals surface area contributed by atoms with E-state index in [0.29, 0.717) is 0 Å². The number of nitrogens with zero attached hydrogens (tertiary/aromatic N) is 1. The molecule has 0 aromatic rings. The van der Waals surface area contributed by atoms with Crippen LogP contribution >= 0.6 is 11.8 Å². The van der Waals surface area contributed by atoms with Crippen molar-refractivity contribution in [3.8, 4) is 0 Å². The van der Waals surface area contributed by atoms with Crippen molar-refractivity contribution in [1.29, 1.82) is 0 Å². The first-order valence-corrected chi connectivity index (χ1v) is 7.65. The molecule has 16 heavy (non-hydrogen) atoms. The molecule has 0 aromatic carbocycles. The van der Waals surface area contributed by atoms with Crippen molar-refractivity contribution >= 4 is 16.9 Å². The highest BCUT2D eigenvalue weighted by Crippen LogP contribution is 2.17. The van der Waals surface area contributed by atoms with Crippen LogP contribution in [-0.4, -0.2) is 24.0 Å². The third kappa shape index (κ3) is 5.24. The summed E-state index contributed by atoms with van der Waals surface area (Å²) in [6, 6.07) is 0. The summed E-state index contributed by atoms with van der Waals surface area (Å²) in [6.45, 7) is 8.93. The van der Waals surface area contributed by atoms with Gasteiger partial charge in [-0.2, -0.15) is 0 Å². The Morgan fingerprint density at radius 3 is 2.88 bits per heavy atom. The van der Waals surface area contributed by atoms with Crippen molar-refractivity contribution in [3.05, 3.63) is 0 Å². The normalized spacial score (nSPS) is 22.7. The second-order valence-electron chi connectivity index (χ2n) is 4.86. The van der Waals surface area contributed by atoms with Crippen LogP contribution in [0.15, 0.2) is 4.99 Å². The maximum atomic E-state index is 4.57. The molecule has 1 heterocycles. The second kappa shape index (κ2) is 7.99. The van der Waals surface area contributed by atoms with E-state index in [1.165, 1.54) is 36.6 Å². The fourth-order valence-electron chi connectivity index (χ4n) is 1.84. The molecule has 94 valence electrons. The molecule has 1 N–H and O–H groups in total.